The number of hydrazine groups is 1. The molecule has 66 valence electrons. The first-order valence-electron chi connectivity index (χ1n) is 4.32. The van der Waals surface area contributed by atoms with Crippen molar-refractivity contribution in [2.45, 2.75) is 38.3 Å². The Balaban J connectivity index is 2.36. The molecule has 0 saturated heterocycles. The van der Waals surface area contributed by atoms with Crippen LogP contribution in [0.4, 0.5) is 0 Å². The standard InChI is InChI=1S/C8H18N2O/c1-3-7(11-2)8(10-9)6-4-5-6/h6-8,10H,3-5,9H2,1-2H3. The summed E-state index contributed by atoms with van der Waals surface area (Å²) in [6.45, 7) is 2.13. The first kappa shape index (κ1) is 8.97. The van der Waals surface area contributed by atoms with Crippen LogP contribution in [-0.2, 0) is 4.74 Å². The lowest BCUT2D eigenvalue weighted by molar-refractivity contribution is 0.0582. The Morgan fingerprint density at radius 1 is 1.64 bits per heavy atom. The van der Waals surface area contributed by atoms with E-state index in [4.69, 9.17) is 10.6 Å². The van der Waals surface area contributed by atoms with E-state index in [1.165, 1.54) is 12.8 Å². The van der Waals surface area contributed by atoms with Gasteiger partial charge in [-0.3, -0.25) is 11.3 Å². The van der Waals surface area contributed by atoms with Crippen molar-refractivity contribution in [1.29, 1.82) is 0 Å². The van der Waals surface area contributed by atoms with Crippen molar-refractivity contribution in [3.63, 3.8) is 0 Å². The third-order valence-corrected chi connectivity index (χ3v) is 2.43. The third-order valence-electron chi connectivity index (χ3n) is 2.43. The third kappa shape index (κ3) is 2.15. The van der Waals surface area contributed by atoms with Gasteiger partial charge in [-0.1, -0.05) is 6.92 Å². The second-order valence-electron chi connectivity index (χ2n) is 3.21. The van der Waals surface area contributed by atoms with Crippen LogP contribution in [0.5, 0.6) is 0 Å². The number of hydrogen-bond donors (Lipinski definition) is 2. The molecule has 0 heterocycles. The van der Waals surface area contributed by atoms with Crippen molar-refractivity contribution in [1.82, 2.24) is 5.43 Å². The SMILES string of the molecule is CCC(OC)C(NN)C1CC1. The predicted octanol–water partition coefficient (Wildman–Crippen LogP) is 0.653. The van der Waals surface area contributed by atoms with E-state index < -0.39 is 0 Å². The Kier molecular flexibility index (Phi) is 3.30. The van der Waals surface area contributed by atoms with Crippen LogP contribution in [-0.4, -0.2) is 19.3 Å². The molecule has 2 unspecified atom stereocenters. The van der Waals surface area contributed by atoms with Gasteiger partial charge in [0, 0.05) is 7.11 Å². The van der Waals surface area contributed by atoms with Gasteiger partial charge in [0.2, 0.25) is 0 Å². The van der Waals surface area contributed by atoms with Gasteiger partial charge in [-0.15, -0.1) is 0 Å². The van der Waals surface area contributed by atoms with Gasteiger partial charge < -0.3 is 4.74 Å². The summed E-state index contributed by atoms with van der Waals surface area (Å²) in [4.78, 5) is 0. The quantitative estimate of drug-likeness (QED) is 0.456. The zero-order chi connectivity index (χ0) is 8.27. The van der Waals surface area contributed by atoms with Gasteiger partial charge in [0.1, 0.15) is 0 Å². The Labute approximate surface area is 68.3 Å². The van der Waals surface area contributed by atoms with E-state index in [0.29, 0.717) is 6.04 Å². The minimum Gasteiger partial charge on any atom is -0.380 e. The van der Waals surface area contributed by atoms with E-state index in [9.17, 15) is 0 Å². The highest BCUT2D eigenvalue weighted by Gasteiger charge is 2.35. The summed E-state index contributed by atoms with van der Waals surface area (Å²) in [7, 11) is 1.75. The fourth-order valence-electron chi connectivity index (χ4n) is 1.57. The molecule has 0 aromatic heterocycles. The van der Waals surface area contributed by atoms with Gasteiger partial charge in [-0.05, 0) is 25.2 Å². The smallest absolute Gasteiger partial charge is 0.0737 e. The van der Waals surface area contributed by atoms with Crippen LogP contribution in [0.15, 0.2) is 0 Å². The van der Waals surface area contributed by atoms with Crippen molar-refractivity contribution in [2.75, 3.05) is 7.11 Å². The lowest BCUT2D eigenvalue weighted by Gasteiger charge is -2.23. The van der Waals surface area contributed by atoms with Crippen molar-refractivity contribution >= 4 is 0 Å². The number of ether oxygens (including phenoxy) is 1. The van der Waals surface area contributed by atoms with Crippen LogP contribution < -0.4 is 11.3 Å². The maximum atomic E-state index is 5.44. The Morgan fingerprint density at radius 3 is 2.55 bits per heavy atom. The molecule has 0 amide bonds. The highest BCUT2D eigenvalue weighted by Crippen LogP contribution is 2.34. The molecule has 1 aliphatic rings. The average Bonchev–Trinajstić information content (AvgIpc) is 2.82. The van der Waals surface area contributed by atoms with Crippen LogP contribution in [0.25, 0.3) is 0 Å². The van der Waals surface area contributed by atoms with E-state index in [-0.39, 0.29) is 6.10 Å². The number of methoxy groups -OCH3 is 1. The highest BCUT2D eigenvalue weighted by atomic mass is 16.5. The van der Waals surface area contributed by atoms with E-state index >= 15 is 0 Å². The van der Waals surface area contributed by atoms with Crippen LogP contribution in [0.2, 0.25) is 0 Å². The van der Waals surface area contributed by atoms with Crippen LogP contribution in [0.1, 0.15) is 26.2 Å². The number of rotatable bonds is 5. The highest BCUT2D eigenvalue weighted by molar-refractivity contribution is 4.89. The molecule has 2 atom stereocenters. The molecular weight excluding hydrogens is 140 g/mol. The molecule has 1 saturated carbocycles. The van der Waals surface area contributed by atoms with Crippen LogP contribution in [0.3, 0.4) is 0 Å². The molecule has 3 N–H and O–H groups in total. The Hall–Kier alpha value is -0.120. The van der Waals surface area contributed by atoms with Crippen molar-refractivity contribution in [3.8, 4) is 0 Å². The minimum absolute atomic E-state index is 0.285. The molecule has 0 aliphatic heterocycles. The summed E-state index contributed by atoms with van der Waals surface area (Å²) in [5, 5.41) is 0. The molecule has 0 radical (unpaired) electrons. The fraction of sp³-hybridized carbons (Fsp3) is 1.00. The summed E-state index contributed by atoms with van der Waals surface area (Å²) in [5.41, 5.74) is 2.84. The molecule has 0 spiro atoms. The normalized spacial score (nSPS) is 23.2. The maximum Gasteiger partial charge on any atom is 0.0737 e. The first-order valence-corrected chi connectivity index (χ1v) is 4.32. The molecule has 1 aliphatic carbocycles. The molecule has 3 heteroatoms. The lowest BCUT2D eigenvalue weighted by atomic mass is 10.0. The second-order valence-corrected chi connectivity index (χ2v) is 3.21. The van der Waals surface area contributed by atoms with Gasteiger partial charge >= 0.3 is 0 Å². The van der Waals surface area contributed by atoms with Gasteiger partial charge in [0.05, 0.1) is 12.1 Å². The predicted molar refractivity (Wildman–Crippen MR) is 44.9 cm³/mol. The summed E-state index contributed by atoms with van der Waals surface area (Å²) in [5.74, 6) is 6.19. The second kappa shape index (κ2) is 4.04. The minimum atomic E-state index is 0.285. The maximum absolute atomic E-state index is 5.44. The zero-order valence-corrected chi connectivity index (χ0v) is 7.34. The molecule has 3 nitrogen and oxygen atoms in total. The number of hydrogen-bond acceptors (Lipinski definition) is 3. The van der Waals surface area contributed by atoms with E-state index in [2.05, 4.69) is 12.3 Å². The summed E-state index contributed by atoms with van der Waals surface area (Å²) in [6, 6.07) is 0.366. The number of nitrogens with two attached hydrogens (primary N) is 1. The van der Waals surface area contributed by atoms with Gasteiger partial charge in [0.15, 0.2) is 0 Å². The summed E-state index contributed by atoms with van der Waals surface area (Å²) < 4.78 is 5.31. The molecule has 0 aromatic carbocycles. The van der Waals surface area contributed by atoms with Crippen LogP contribution >= 0.6 is 0 Å². The Bertz CT molecular complexity index is 111. The number of nitrogens with one attached hydrogen (secondary N) is 1. The van der Waals surface area contributed by atoms with Crippen molar-refractivity contribution < 1.29 is 4.74 Å². The van der Waals surface area contributed by atoms with Crippen molar-refractivity contribution in [3.05, 3.63) is 0 Å². The molecule has 0 aromatic rings. The summed E-state index contributed by atoms with van der Waals surface area (Å²) in [6.07, 6.45) is 3.91. The van der Waals surface area contributed by atoms with Crippen molar-refractivity contribution in [2.24, 2.45) is 11.8 Å². The van der Waals surface area contributed by atoms with E-state index in [0.717, 1.165) is 12.3 Å². The lowest BCUT2D eigenvalue weighted by Crippen LogP contribution is -2.46. The first-order chi connectivity index (χ1) is 5.33. The fourth-order valence-corrected chi connectivity index (χ4v) is 1.57. The summed E-state index contributed by atoms with van der Waals surface area (Å²) >= 11 is 0. The molecule has 11 heavy (non-hydrogen) atoms. The Morgan fingerprint density at radius 2 is 2.27 bits per heavy atom. The van der Waals surface area contributed by atoms with Gasteiger partial charge in [-0.2, -0.15) is 0 Å². The monoisotopic (exact) mass is 158 g/mol. The topological polar surface area (TPSA) is 47.3 Å². The zero-order valence-electron chi connectivity index (χ0n) is 7.34. The molecule has 1 rings (SSSR count). The van der Waals surface area contributed by atoms with Crippen LogP contribution in [0, 0.1) is 5.92 Å². The largest absolute Gasteiger partial charge is 0.380 e. The van der Waals surface area contributed by atoms with Gasteiger partial charge in [-0.25, -0.2) is 0 Å². The molecule has 0 bridgehead atoms. The molecular formula is C8H18N2O. The average molecular weight is 158 g/mol. The van der Waals surface area contributed by atoms with E-state index in [1.807, 2.05) is 0 Å². The molecule has 1 fully saturated rings. The van der Waals surface area contributed by atoms with Gasteiger partial charge in [0.25, 0.3) is 0 Å². The van der Waals surface area contributed by atoms with E-state index in [1.54, 1.807) is 7.11 Å².